The minimum absolute atomic E-state index is 0.463. The number of nitrogens with one attached hydrogen (secondary N) is 2. The van der Waals surface area contributed by atoms with Gasteiger partial charge in [-0.05, 0) is 62.2 Å². The summed E-state index contributed by atoms with van der Waals surface area (Å²) in [5.41, 5.74) is 3.01. The fraction of sp³-hybridized carbons (Fsp3) is 0.600. The van der Waals surface area contributed by atoms with Crippen LogP contribution < -0.4 is 10.6 Å². The number of benzene rings is 1. The van der Waals surface area contributed by atoms with E-state index in [2.05, 4.69) is 35.9 Å². The van der Waals surface area contributed by atoms with Crippen molar-refractivity contribution in [1.82, 2.24) is 10.6 Å². The van der Waals surface area contributed by atoms with Crippen molar-refractivity contribution in [3.63, 3.8) is 0 Å². The van der Waals surface area contributed by atoms with Crippen LogP contribution in [0.5, 0.6) is 0 Å². The Morgan fingerprint density at radius 2 is 2.33 bits per heavy atom. The number of hydrogen-bond donors (Lipinski definition) is 2. The summed E-state index contributed by atoms with van der Waals surface area (Å²) in [5.74, 6) is 1.28. The van der Waals surface area contributed by atoms with Gasteiger partial charge < -0.3 is 10.6 Å². The SMILES string of the molecule is CNC(c1ccc2c(c1)CCCS2)C1CCCN1. The molecular formula is C15H22N2S. The van der Waals surface area contributed by atoms with Crippen LogP contribution in [0.2, 0.25) is 0 Å². The van der Waals surface area contributed by atoms with E-state index in [0.29, 0.717) is 12.1 Å². The minimum Gasteiger partial charge on any atom is -0.312 e. The molecule has 3 heteroatoms. The summed E-state index contributed by atoms with van der Waals surface area (Å²) in [5, 5.41) is 7.12. The van der Waals surface area contributed by atoms with Crippen LogP contribution in [0.1, 0.15) is 36.4 Å². The number of fused-ring (bicyclic) bond motifs is 1. The largest absolute Gasteiger partial charge is 0.312 e. The van der Waals surface area contributed by atoms with E-state index in [1.807, 2.05) is 11.8 Å². The third-order valence-electron chi connectivity index (χ3n) is 4.10. The van der Waals surface area contributed by atoms with Gasteiger partial charge in [-0.25, -0.2) is 0 Å². The van der Waals surface area contributed by atoms with Crippen LogP contribution in [0.4, 0.5) is 0 Å². The predicted molar refractivity (Wildman–Crippen MR) is 78.3 cm³/mol. The molecular weight excluding hydrogens is 240 g/mol. The van der Waals surface area contributed by atoms with Gasteiger partial charge in [0.25, 0.3) is 0 Å². The Morgan fingerprint density at radius 3 is 3.11 bits per heavy atom. The van der Waals surface area contributed by atoms with Gasteiger partial charge in [0.2, 0.25) is 0 Å². The lowest BCUT2D eigenvalue weighted by Crippen LogP contribution is -2.36. The van der Waals surface area contributed by atoms with E-state index in [4.69, 9.17) is 0 Å². The monoisotopic (exact) mass is 262 g/mol. The summed E-state index contributed by atoms with van der Waals surface area (Å²) in [6.45, 7) is 1.17. The fourth-order valence-electron chi connectivity index (χ4n) is 3.17. The Labute approximate surface area is 114 Å². The van der Waals surface area contributed by atoms with Crippen molar-refractivity contribution < 1.29 is 0 Å². The molecule has 0 amide bonds. The van der Waals surface area contributed by atoms with Crippen LogP contribution in [0.15, 0.2) is 23.1 Å². The van der Waals surface area contributed by atoms with Crippen molar-refractivity contribution in [3.8, 4) is 0 Å². The highest BCUT2D eigenvalue weighted by Crippen LogP contribution is 2.33. The van der Waals surface area contributed by atoms with Crippen molar-refractivity contribution in [1.29, 1.82) is 0 Å². The van der Waals surface area contributed by atoms with Crippen molar-refractivity contribution >= 4 is 11.8 Å². The first-order valence-electron chi connectivity index (χ1n) is 7.05. The minimum atomic E-state index is 0.463. The molecule has 3 rings (SSSR count). The standard InChI is InChI=1S/C15H22N2S/c1-16-15(13-5-2-8-17-13)12-6-7-14-11(10-12)4-3-9-18-14/h6-7,10,13,15-17H,2-5,8-9H2,1H3. The van der Waals surface area contributed by atoms with E-state index in [9.17, 15) is 0 Å². The van der Waals surface area contributed by atoms with Crippen molar-refractivity contribution in [2.75, 3.05) is 19.3 Å². The molecule has 1 fully saturated rings. The number of thioether (sulfide) groups is 1. The van der Waals surface area contributed by atoms with Gasteiger partial charge in [0.15, 0.2) is 0 Å². The molecule has 0 spiro atoms. The lowest BCUT2D eigenvalue weighted by atomic mass is 9.95. The van der Waals surface area contributed by atoms with Crippen molar-refractivity contribution in [3.05, 3.63) is 29.3 Å². The molecule has 2 unspecified atom stereocenters. The van der Waals surface area contributed by atoms with E-state index in [1.54, 1.807) is 5.56 Å². The average molecular weight is 262 g/mol. The van der Waals surface area contributed by atoms with Gasteiger partial charge in [0.1, 0.15) is 0 Å². The fourth-order valence-corrected chi connectivity index (χ4v) is 4.19. The molecule has 2 nitrogen and oxygen atoms in total. The van der Waals surface area contributed by atoms with Gasteiger partial charge in [-0.1, -0.05) is 12.1 Å². The lowest BCUT2D eigenvalue weighted by Gasteiger charge is -2.25. The highest BCUT2D eigenvalue weighted by atomic mass is 32.2. The van der Waals surface area contributed by atoms with E-state index < -0.39 is 0 Å². The highest BCUT2D eigenvalue weighted by molar-refractivity contribution is 7.99. The second-order valence-corrected chi connectivity index (χ2v) is 6.43. The van der Waals surface area contributed by atoms with Gasteiger partial charge in [-0.3, -0.25) is 0 Å². The van der Waals surface area contributed by atoms with Gasteiger partial charge in [0.05, 0.1) is 0 Å². The zero-order valence-corrected chi connectivity index (χ0v) is 11.9. The quantitative estimate of drug-likeness (QED) is 0.876. The van der Waals surface area contributed by atoms with Gasteiger partial charge >= 0.3 is 0 Å². The summed E-state index contributed by atoms with van der Waals surface area (Å²) in [7, 11) is 2.08. The Hall–Kier alpha value is -0.510. The van der Waals surface area contributed by atoms with E-state index in [1.165, 1.54) is 48.4 Å². The predicted octanol–water partition coefficient (Wildman–Crippen LogP) is 2.74. The summed E-state index contributed by atoms with van der Waals surface area (Å²) >= 11 is 2.01. The highest BCUT2D eigenvalue weighted by Gasteiger charge is 2.25. The molecule has 0 saturated carbocycles. The number of aryl methyl sites for hydroxylation is 1. The van der Waals surface area contributed by atoms with Crippen molar-refractivity contribution in [2.45, 2.75) is 42.7 Å². The molecule has 0 aromatic heterocycles. The third kappa shape index (κ3) is 2.44. The third-order valence-corrected chi connectivity index (χ3v) is 5.31. The average Bonchev–Trinajstić information content (AvgIpc) is 2.93. The molecule has 0 bridgehead atoms. The molecule has 2 N–H and O–H groups in total. The second kappa shape index (κ2) is 5.64. The molecule has 2 atom stereocenters. The molecule has 0 aliphatic carbocycles. The first-order valence-corrected chi connectivity index (χ1v) is 8.03. The second-order valence-electron chi connectivity index (χ2n) is 5.29. The Kier molecular flexibility index (Phi) is 3.92. The van der Waals surface area contributed by atoms with Gasteiger partial charge in [0, 0.05) is 17.0 Å². The van der Waals surface area contributed by atoms with E-state index >= 15 is 0 Å². The first kappa shape index (κ1) is 12.5. The molecule has 18 heavy (non-hydrogen) atoms. The molecule has 2 aliphatic heterocycles. The van der Waals surface area contributed by atoms with Crippen LogP contribution in [-0.4, -0.2) is 25.4 Å². The van der Waals surface area contributed by atoms with Gasteiger partial charge in [-0.15, -0.1) is 11.8 Å². The maximum atomic E-state index is 3.62. The van der Waals surface area contributed by atoms with E-state index in [-0.39, 0.29) is 0 Å². The normalized spacial score (nSPS) is 24.8. The lowest BCUT2D eigenvalue weighted by molar-refractivity contribution is 0.440. The molecule has 1 aromatic carbocycles. The molecule has 0 radical (unpaired) electrons. The van der Waals surface area contributed by atoms with Crippen LogP contribution in [0.25, 0.3) is 0 Å². The van der Waals surface area contributed by atoms with Gasteiger partial charge in [-0.2, -0.15) is 0 Å². The number of hydrogen-bond acceptors (Lipinski definition) is 3. The molecule has 2 heterocycles. The van der Waals surface area contributed by atoms with Crippen LogP contribution in [0, 0.1) is 0 Å². The maximum absolute atomic E-state index is 3.62. The summed E-state index contributed by atoms with van der Waals surface area (Å²) in [6.07, 6.45) is 5.18. The Morgan fingerprint density at radius 1 is 1.39 bits per heavy atom. The number of likely N-dealkylation sites (N-methyl/N-ethyl adjacent to an activating group) is 1. The smallest absolute Gasteiger partial charge is 0.0473 e. The van der Waals surface area contributed by atoms with Crippen LogP contribution >= 0.6 is 11.8 Å². The maximum Gasteiger partial charge on any atom is 0.0473 e. The van der Waals surface area contributed by atoms with Crippen molar-refractivity contribution in [2.24, 2.45) is 0 Å². The molecule has 98 valence electrons. The zero-order chi connectivity index (χ0) is 12.4. The Balaban J connectivity index is 1.85. The number of rotatable bonds is 3. The molecule has 1 aromatic rings. The van der Waals surface area contributed by atoms with Crippen LogP contribution in [0.3, 0.4) is 0 Å². The van der Waals surface area contributed by atoms with Crippen LogP contribution in [-0.2, 0) is 6.42 Å². The van der Waals surface area contributed by atoms with E-state index in [0.717, 1.165) is 0 Å². The first-order chi connectivity index (χ1) is 8.88. The topological polar surface area (TPSA) is 24.1 Å². The Bertz CT molecular complexity index is 413. The summed E-state index contributed by atoms with van der Waals surface area (Å²) < 4.78 is 0. The zero-order valence-electron chi connectivity index (χ0n) is 11.0. The summed E-state index contributed by atoms with van der Waals surface area (Å²) in [6, 6.07) is 8.14. The molecule has 1 saturated heterocycles. The summed E-state index contributed by atoms with van der Waals surface area (Å²) in [4.78, 5) is 1.50. The molecule has 2 aliphatic rings.